The summed E-state index contributed by atoms with van der Waals surface area (Å²) in [4.78, 5) is 27.8. The highest BCUT2D eigenvalue weighted by atomic mass is 32.3. The standard InChI is InChI=1S/C34H39F2N5O4S/c1-34(2,3)45-33(42)41-12-10-40(11-13-41)25-7-4-6-23(18-25)31-21-37-30-9-5-8-26(32(30)38-31)24-19-28(35)27(29(36)20-24)22-39-14-16-46(43,44)17-15-39/h4-9,18-21,43-44H,10-17,22H2,1-3H3. The fourth-order valence-electron chi connectivity index (χ4n) is 5.80. The molecule has 0 unspecified atom stereocenters. The van der Waals surface area contributed by atoms with Crippen LogP contribution in [0.15, 0.2) is 60.8 Å². The topological polar surface area (TPSA) is 102 Å². The molecule has 3 heterocycles. The number of halogens is 2. The molecule has 1 amide bonds. The fraction of sp³-hybridized carbons (Fsp3) is 0.382. The maximum Gasteiger partial charge on any atom is 0.410 e. The smallest absolute Gasteiger partial charge is 0.410 e. The van der Waals surface area contributed by atoms with Crippen LogP contribution in [0.25, 0.3) is 33.4 Å². The number of aromatic nitrogens is 2. The van der Waals surface area contributed by atoms with Crippen molar-refractivity contribution >= 4 is 33.4 Å². The molecule has 0 saturated carbocycles. The molecule has 0 bridgehead atoms. The molecular weight excluding hydrogens is 612 g/mol. The van der Waals surface area contributed by atoms with Crippen LogP contribution in [0, 0.1) is 11.6 Å². The molecule has 3 aromatic carbocycles. The van der Waals surface area contributed by atoms with Gasteiger partial charge in [-0.2, -0.15) is 10.6 Å². The third kappa shape index (κ3) is 7.25. The highest BCUT2D eigenvalue weighted by Crippen LogP contribution is 2.41. The van der Waals surface area contributed by atoms with Gasteiger partial charge in [0.05, 0.1) is 34.4 Å². The number of rotatable bonds is 5. The Hall–Kier alpha value is -3.84. The average molecular weight is 652 g/mol. The van der Waals surface area contributed by atoms with Gasteiger partial charge in [-0.15, -0.1) is 0 Å². The van der Waals surface area contributed by atoms with E-state index in [0.717, 1.165) is 11.3 Å². The summed E-state index contributed by atoms with van der Waals surface area (Å²) >= 11 is 0. The number of ether oxygens (including phenoxy) is 1. The van der Waals surface area contributed by atoms with Gasteiger partial charge in [-0.3, -0.25) is 19.0 Å². The second-order valence-corrected chi connectivity index (χ2v) is 15.3. The number of benzene rings is 3. The number of nitrogens with zero attached hydrogens (tertiary/aromatic N) is 5. The first-order chi connectivity index (χ1) is 21.8. The van der Waals surface area contributed by atoms with E-state index in [1.165, 1.54) is 12.1 Å². The van der Waals surface area contributed by atoms with Gasteiger partial charge in [0.1, 0.15) is 17.2 Å². The van der Waals surface area contributed by atoms with E-state index in [1.54, 1.807) is 23.2 Å². The number of piperazine rings is 1. The van der Waals surface area contributed by atoms with Crippen LogP contribution in [-0.2, 0) is 11.3 Å². The van der Waals surface area contributed by atoms with Gasteiger partial charge < -0.3 is 14.5 Å². The zero-order valence-electron chi connectivity index (χ0n) is 26.2. The predicted octanol–water partition coefficient (Wildman–Crippen LogP) is 6.87. The molecule has 12 heteroatoms. The summed E-state index contributed by atoms with van der Waals surface area (Å²) in [5.74, 6) is -0.904. The molecule has 0 spiro atoms. The summed E-state index contributed by atoms with van der Waals surface area (Å²) in [5, 5.41) is 0. The van der Waals surface area contributed by atoms with Crippen LogP contribution in [0.1, 0.15) is 26.3 Å². The minimum Gasteiger partial charge on any atom is -0.444 e. The van der Waals surface area contributed by atoms with Crippen LogP contribution in [0.2, 0.25) is 0 Å². The van der Waals surface area contributed by atoms with Crippen LogP contribution in [-0.4, -0.2) is 91.3 Å². The maximum absolute atomic E-state index is 15.4. The predicted molar refractivity (Wildman–Crippen MR) is 178 cm³/mol. The van der Waals surface area contributed by atoms with E-state index in [9.17, 15) is 13.9 Å². The largest absolute Gasteiger partial charge is 0.444 e. The summed E-state index contributed by atoms with van der Waals surface area (Å²) in [7, 11) is -2.60. The average Bonchev–Trinajstić information content (AvgIpc) is 3.02. The molecule has 46 heavy (non-hydrogen) atoms. The number of amides is 1. The molecule has 0 atom stereocenters. The van der Waals surface area contributed by atoms with Gasteiger partial charge in [0.15, 0.2) is 0 Å². The summed E-state index contributed by atoms with van der Waals surface area (Å²) < 4.78 is 56.0. The normalized spacial score (nSPS) is 18.1. The number of fused-ring (bicyclic) bond motifs is 1. The molecule has 1 aromatic heterocycles. The maximum atomic E-state index is 15.4. The zero-order chi connectivity index (χ0) is 32.6. The van der Waals surface area contributed by atoms with Crippen LogP contribution in [0.3, 0.4) is 0 Å². The summed E-state index contributed by atoms with van der Waals surface area (Å²) in [6.45, 7) is 8.79. The van der Waals surface area contributed by atoms with Crippen LogP contribution in [0.5, 0.6) is 0 Å². The molecule has 9 nitrogen and oxygen atoms in total. The summed E-state index contributed by atoms with van der Waals surface area (Å²) in [6, 6.07) is 16.0. The lowest BCUT2D eigenvalue weighted by Crippen LogP contribution is -2.50. The SMILES string of the molecule is CC(C)(C)OC(=O)N1CCN(c2cccc(-c3cnc4cccc(-c5cc(F)c(CN6CCS(O)(O)CC6)c(F)c5)c4n3)c2)CC1. The molecule has 2 N–H and O–H groups in total. The van der Waals surface area contributed by atoms with Crippen molar-refractivity contribution in [2.24, 2.45) is 0 Å². The lowest BCUT2D eigenvalue weighted by Gasteiger charge is -2.41. The van der Waals surface area contributed by atoms with Gasteiger partial charge in [-0.1, -0.05) is 24.3 Å². The number of anilines is 1. The highest BCUT2D eigenvalue weighted by molar-refractivity contribution is 8.24. The van der Waals surface area contributed by atoms with Crippen LogP contribution < -0.4 is 4.90 Å². The Kier molecular flexibility index (Phi) is 8.90. The van der Waals surface area contributed by atoms with E-state index >= 15 is 8.78 Å². The first-order valence-corrected chi connectivity index (χ1v) is 17.3. The van der Waals surface area contributed by atoms with Crippen LogP contribution >= 0.6 is 10.6 Å². The number of hydrogen-bond acceptors (Lipinski definition) is 8. The van der Waals surface area contributed by atoms with Crippen molar-refractivity contribution < 1.29 is 27.4 Å². The second-order valence-electron chi connectivity index (χ2n) is 12.8. The van der Waals surface area contributed by atoms with Crippen molar-refractivity contribution in [3.8, 4) is 22.4 Å². The first-order valence-electron chi connectivity index (χ1n) is 15.4. The highest BCUT2D eigenvalue weighted by Gasteiger charge is 2.27. The van der Waals surface area contributed by atoms with Gasteiger partial charge in [0, 0.05) is 68.2 Å². The number of hydrogen-bond donors (Lipinski definition) is 2. The van der Waals surface area contributed by atoms with E-state index < -0.39 is 27.8 Å². The Labute approximate surface area is 269 Å². The lowest BCUT2D eigenvalue weighted by molar-refractivity contribution is 0.0240. The second kappa shape index (κ2) is 12.7. The molecule has 6 rings (SSSR count). The van der Waals surface area contributed by atoms with E-state index in [-0.39, 0.29) is 29.7 Å². The third-order valence-corrected chi connectivity index (χ3v) is 9.99. The Morgan fingerprint density at radius 3 is 2.26 bits per heavy atom. The van der Waals surface area contributed by atoms with Crippen molar-refractivity contribution in [3.63, 3.8) is 0 Å². The molecule has 2 saturated heterocycles. The zero-order valence-corrected chi connectivity index (χ0v) is 27.1. The van der Waals surface area contributed by atoms with Crippen molar-refractivity contribution in [2.75, 3.05) is 55.7 Å². The molecule has 0 aliphatic carbocycles. The van der Waals surface area contributed by atoms with Gasteiger partial charge >= 0.3 is 6.09 Å². The van der Waals surface area contributed by atoms with Crippen molar-refractivity contribution in [1.82, 2.24) is 19.8 Å². The Balaban J connectivity index is 1.22. The first kappa shape index (κ1) is 32.1. The van der Waals surface area contributed by atoms with Gasteiger partial charge in [-0.25, -0.2) is 18.6 Å². The third-order valence-electron chi connectivity index (χ3n) is 8.31. The van der Waals surface area contributed by atoms with Gasteiger partial charge in [0.25, 0.3) is 0 Å². The summed E-state index contributed by atoms with van der Waals surface area (Å²) in [6.07, 6.45) is 1.39. The fourth-order valence-corrected chi connectivity index (χ4v) is 7.10. The molecule has 2 fully saturated rings. The van der Waals surface area contributed by atoms with Crippen LogP contribution in [0.4, 0.5) is 19.3 Å². The molecule has 2 aliphatic rings. The monoisotopic (exact) mass is 651 g/mol. The lowest BCUT2D eigenvalue weighted by atomic mass is 10.0. The Morgan fingerprint density at radius 1 is 0.913 bits per heavy atom. The molecular formula is C34H39F2N5O4S. The molecule has 2 aliphatic heterocycles. The number of carbonyl (C=O) groups excluding carboxylic acids is 1. The number of para-hydroxylation sites is 1. The Morgan fingerprint density at radius 2 is 1.59 bits per heavy atom. The van der Waals surface area contributed by atoms with E-state index in [1.807, 2.05) is 56.0 Å². The van der Waals surface area contributed by atoms with E-state index in [4.69, 9.17) is 9.72 Å². The van der Waals surface area contributed by atoms with Gasteiger partial charge in [0.2, 0.25) is 0 Å². The van der Waals surface area contributed by atoms with Crippen molar-refractivity contribution in [2.45, 2.75) is 32.9 Å². The van der Waals surface area contributed by atoms with Gasteiger partial charge in [-0.05, 0) is 56.7 Å². The molecule has 4 aromatic rings. The summed E-state index contributed by atoms with van der Waals surface area (Å²) in [5.41, 5.74) is 3.95. The number of carbonyl (C=O) groups is 1. The van der Waals surface area contributed by atoms with E-state index in [0.29, 0.717) is 67.1 Å². The molecule has 244 valence electrons. The minimum atomic E-state index is -2.60. The Bertz CT molecular complexity index is 1720. The van der Waals surface area contributed by atoms with E-state index in [2.05, 4.69) is 9.88 Å². The van der Waals surface area contributed by atoms with Crippen molar-refractivity contribution in [3.05, 3.63) is 78.0 Å². The van der Waals surface area contributed by atoms with Crippen molar-refractivity contribution in [1.29, 1.82) is 0 Å². The quantitative estimate of drug-likeness (QED) is 0.241. The minimum absolute atomic E-state index is 0.0436. The molecule has 0 radical (unpaired) electrons.